The average molecular weight is 267 g/mol. The maximum absolute atomic E-state index is 11.9. The van der Waals surface area contributed by atoms with Crippen LogP contribution in [0.4, 0.5) is 0 Å². The van der Waals surface area contributed by atoms with E-state index in [0.29, 0.717) is 30.2 Å². The number of thiazole rings is 1. The Hall–Kier alpha value is -0.980. The molecule has 2 saturated heterocycles. The SMILES string of the molecule is Cc1nc(C(=O)NC[C@@H]2CO[C@H]3CNC[C@@H]23)cs1. The minimum atomic E-state index is -0.0752. The van der Waals surface area contributed by atoms with Crippen molar-refractivity contribution in [3.05, 3.63) is 16.1 Å². The minimum absolute atomic E-state index is 0.0752. The normalized spacial score (nSPS) is 30.4. The van der Waals surface area contributed by atoms with Crippen LogP contribution < -0.4 is 10.6 Å². The third kappa shape index (κ3) is 2.28. The summed E-state index contributed by atoms with van der Waals surface area (Å²) in [4.78, 5) is 16.1. The van der Waals surface area contributed by atoms with Crippen molar-refractivity contribution in [1.29, 1.82) is 0 Å². The van der Waals surface area contributed by atoms with E-state index in [1.807, 2.05) is 6.92 Å². The van der Waals surface area contributed by atoms with Gasteiger partial charge in [-0.1, -0.05) is 0 Å². The molecule has 1 aromatic rings. The van der Waals surface area contributed by atoms with Crippen LogP contribution in [0.25, 0.3) is 0 Å². The van der Waals surface area contributed by atoms with Gasteiger partial charge >= 0.3 is 0 Å². The molecule has 3 atom stereocenters. The second-order valence-corrected chi connectivity index (χ2v) is 5.98. The van der Waals surface area contributed by atoms with E-state index in [1.54, 1.807) is 5.38 Å². The first kappa shape index (κ1) is 12.1. The number of fused-ring (bicyclic) bond motifs is 1. The van der Waals surface area contributed by atoms with E-state index in [1.165, 1.54) is 11.3 Å². The highest BCUT2D eigenvalue weighted by molar-refractivity contribution is 7.09. The van der Waals surface area contributed by atoms with Crippen LogP contribution in [0.3, 0.4) is 0 Å². The van der Waals surface area contributed by atoms with Crippen molar-refractivity contribution in [3.8, 4) is 0 Å². The van der Waals surface area contributed by atoms with Crippen LogP contribution in [0.5, 0.6) is 0 Å². The number of aromatic nitrogens is 1. The lowest BCUT2D eigenvalue weighted by atomic mass is 9.93. The zero-order chi connectivity index (χ0) is 12.5. The molecule has 2 aliphatic heterocycles. The first-order valence-corrected chi connectivity index (χ1v) is 7.14. The molecule has 1 amide bonds. The molecule has 0 aromatic carbocycles. The molecule has 2 N–H and O–H groups in total. The molecule has 0 saturated carbocycles. The van der Waals surface area contributed by atoms with E-state index < -0.39 is 0 Å². The molecule has 0 aliphatic carbocycles. The summed E-state index contributed by atoms with van der Waals surface area (Å²) in [5, 5.41) is 9.01. The summed E-state index contributed by atoms with van der Waals surface area (Å²) in [5.41, 5.74) is 0.525. The van der Waals surface area contributed by atoms with E-state index in [9.17, 15) is 4.79 Å². The zero-order valence-corrected chi connectivity index (χ0v) is 11.1. The predicted octanol–water partition coefficient (Wildman–Crippen LogP) is 0.416. The number of aryl methyl sites for hydroxylation is 1. The lowest BCUT2D eigenvalue weighted by Gasteiger charge is -2.15. The quantitative estimate of drug-likeness (QED) is 0.833. The van der Waals surface area contributed by atoms with Gasteiger partial charge in [0.05, 0.1) is 17.7 Å². The van der Waals surface area contributed by atoms with Crippen molar-refractivity contribution in [1.82, 2.24) is 15.6 Å². The van der Waals surface area contributed by atoms with Gasteiger partial charge in [-0.2, -0.15) is 0 Å². The molecule has 5 nitrogen and oxygen atoms in total. The second kappa shape index (κ2) is 4.95. The highest BCUT2D eigenvalue weighted by Gasteiger charge is 2.40. The maximum atomic E-state index is 11.9. The molecule has 6 heteroatoms. The Morgan fingerprint density at radius 1 is 1.67 bits per heavy atom. The van der Waals surface area contributed by atoms with Crippen LogP contribution in [-0.4, -0.2) is 43.2 Å². The first-order chi connectivity index (χ1) is 8.74. The van der Waals surface area contributed by atoms with Crippen LogP contribution in [-0.2, 0) is 4.74 Å². The van der Waals surface area contributed by atoms with Gasteiger partial charge < -0.3 is 15.4 Å². The van der Waals surface area contributed by atoms with E-state index in [4.69, 9.17) is 4.74 Å². The Kier molecular flexibility index (Phi) is 3.32. The topological polar surface area (TPSA) is 63.2 Å². The molecule has 0 bridgehead atoms. The van der Waals surface area contributed by atoms with Crippen molar-refractivity contribution < 1.29 is 9.53 Å². The summed E-state index contributed by atoms with van der Waals surface area (Å²) in [6.07, 6.45) is 0.341. The van der Waals surface area contributed by atoms with Crippen LogP contribution in [0.15, 0.2) is 5.38 Å². The Bertz CT molecular complexity index is 448. The highest BCUT2D eigenvalue weighted by Crippen LogP contribution is 2.29. The Morgan fingerprint density at radius 3 is 3.33 bits per heavy atom. The summed E-state index contributed by atoms with van der Waals surface area (Å²) in [6, 6.07) is 0. The number of hydrogen-bond donors (Lipinski definition) is 2. The molecule has 1 aromatic heterocycles. The van der Waals surface area contributed by atoms with E-state index in [2.05, 4.69) is 15.6 Å². The van der Waals surface area contributed by atoms with Crippen LogP contribution in [0.1, 0.15) is 15.5 Å². The fourth-order valence-corrected chi connectivity index (χ4v) is 3.28. The smallest absolute Gasteiger partial charge is 0.270 e. The third-order valence-corrected chi connectivity index (χ3v) is 4.48. The second-order valence-electron chi connectivity index (χ2n) is 4.92. The molecule has 18 heavy (non-hydrogen) atoms. The van der Waals surface area contributed by atoms with Crippen molar-refractivity contribution in [2.75, 3.05) is 26.2 Å². The van der Waals surface area contributed by atoms with Crippen LogP contribution >= 0.6 is 11.3 Å². The van der Waals surface area contributed by atoms with E-state index >= 15 is 0 Å². The minimum Gasteiger partial charge on any atom is -0.376 e. The van der Waals surface area contributed by atoms with Crippen molar-refractivity contribution in [2.24, 2.45) is 11.8 Å². The first-order valence-electron chi connectivity index (χ1n) is 6.26. The Balaban J connectivity index is 1.54. The predicted molar refractivity (Wildman–Crippen MR) is 68.8 cm³/mol. The summed E-state index contributed by atoms with van der Waals surface area (Å²) in [5.74, 6) is 0.893. The largest absolute Gasteiger partial charge is 0.376 e. The average Bonchev–Trinajstić information content (AvgIpc) is 3.02. The van der Waals surface area contributed by atoms with Gasteiger partial charge in [0, 0.05) is 36.9 Å². The molecule has 98 valence electrons. The highest BCUT2D eigenvalue weighted by atomic mass is 32.1. The molecule has 3 rings (SSSR count). The number of carbonyl (C=O) groups is 1. The molecule has 2 fully saturated rings. The van der Waals surface area contributed by atoms with Gasteiger partial charge in [0.25, 0.3) is 5.91 Å². The fraction of sp³-hybridized carbons (Fsp3) is 0.667. The Morgan fingerprint density at radius 2 is 2.56 bits per heavy atom. The van der Waals surface area contributed by atoms with Crippen molar-refractivity contribution in [3.63, 3.8) is 0 Å². The summed E-state index contributed by atoms with van der Waals surface area (Å²) >= 11 is 1.50. The van der Waals surface area contributed by atoms with Gasteiger partial charge in [0.2, 0.25) is 0 Å². The summed E-state index contributed by atoms with van der Waals surface area (Å²) in [6.45, 7) is 5.29. The summed E-state index contributed by atoms with van der Waals surface area (Å²) in [7, 11) is 0. The fourth-order valence-electron chi connectivity index (χ4n) is 2.69. The van der Waals surface area contributed by atoms with Gasteiger partial charge in [-0.15, -0.1) is 11.3 Å². The standard InChI is InChI=1S/C12H17N3O2S/c1-7-15-10(6-18-7)12(16)14-2-8-5-17-11-4-13-3-9(8)11/h6,8-9,11,13H,2-5H2,1H3,(H,14,16)/t8-,9+,11+/m1/s1. The van der Waals surface area contributed by atoms with E-state index in [-0.39, 0.29) is 5.91 Å². The molecule has 0 unspecified atom stereocenters. The van der Waals surface area contributed by atoms with Gasteiger partial charge in [-0.05, 0) is 6.92 Å². The number of nitrogens with one attached hydrogen (secondary N) is 2. The van der Waals surface area contributed by atoms with Gasteiger partial charge in [-0.3, -0.25) is 4.79 Å². The summed E-state index contributed by atoms with van der Waals surface area (Å²) < 4.78 is 5.70. The number of hydrogen-bond acceptors (Lipinski definition) is 5. The van der Waals surface area contributed by atoms with Crippen LogP contribution in [0.2, 0.25) is 0 Å². The molecular formula is C12H17N3O2S. The number of rotatable bonds is 3. The number of nitrogens with zero attached hydrogens (tertiary/aromatic N) is 1. The molecule has 0 radical (unpaired) electrons. The molecule has 0 spiro atoms. The third-order valence-electron chi connectivity index (χ3n) is 3.71. The number of ether oxygens (including phenoxy) is 1. The van der Waals surface area contributed by atoms with Gasteiger partial charge in [0.1, 0.15) is 5.69 Å². The lowest BCUT2D eigenvalue weighted by molar-refractivity contribution is 0.0934. The van der Waals surface area contributed by atoms with Gasteiger partial charge in [-0.25, -0.2) is 4.98 Å². The lowest BCUT2D eigenvalue weighted by Crippen LogP contribution is -2.34. The van der Waals surface area contributed by atoms with E-state index in [0.717, 1.165) is 24.7 Å². The molecular weight excluding hydrogens is 250 g/mol. The van der Waals surface area contributed by atoms with Crippen molar-refractivity contribution >= 4 is 17.2 Å². The van der Waals surface area contributed by atoms with Crippen molar-refractivity contribution in [2.45, 2.75) is 13.0 Å². The zero-order valence-electron chi connectivity index (χ0n) is 10.3. The van der Waals surface area contributed by atoms with Gasteiger partial charge in [0.15, 0.2) is 0 Å². The monoisotopic (exact) mass is 267 g/mol. The molecule has 3 heterocycles. The Labute approximate surface area is 110 Å². The molecule has 2 aliphatic rings. The van der Waals surface area contributed by atoms with Crippen LogP contribution in [0, 0.1) is 18.8 Å². The number of carbonyl (C=O) groups excluding carboxylic acids is 1. The number of amides is 1. The maximum Gasteiger partial charge on any atom is 0.270 e.